The molecule has 13 heteroatoms. The lowest BCUT2D eigenvalue weighted by Crippen LogP contribution is -2.33. The van der Waals surface area contributed by atoms with Gasteiger partial charge in [0.2, 0.25) is 17.7 Å². The Hall–Kier alpha value is -4.26. The minimum Gasteiger partial charge on any atom is -0.497 e. The normalized spacial score (nSPS) is 18.9. The van der Waals surface area contributed by atoms with E-state index >= 15 is 0 Å². The molecule has 3 amide bonds. The highest BCUT2D eigenvalue weighted by atomic mass is 35.5. The topological polar surface area (TPSA) is 116 Å². The van der Waals surface area contributed by atoms with Gasteiger partial charge >= 0.3 is 4.87 Å². The van der Waals surface area contributed by atoms with Crippen molar-refractivity contribution in [3.05, 3.63) is 91.9 Å². The van der Waals surface area contributed by atoms with Gasteiger partial charge in [0, 0.05) is 21.5 Å². The van der Waals surface area contributed by atoms with Gasteiger partial charge in [0.1, 0.15) is 17.5 Å². The lowest BCUT2D eigenvalue weighted by atomic mass is 9.83. The van der Waals surface area contributed by atoms with E-state index in [-0.39, 0.29) is 17.3 Å². The molecule has 44 heavy (non-hydrogen) atoms. The third-order valence-electron chi connectivity index (χ3n) is 7.58. The van der Waals surface area contributed by atoms with Crippen LogP contribution in [0, 0.1) is 5.92 Å². The number of ether oxygens (including phenoxy) is 3. The molecule has 2 aliphatic rings. The van der Waals surface area contributed by atoms with Gasteiger partial charge in [0.05, 0.1) is 38.0 Å². The van der Waals surface area contributed by atoms with Gasteiger partial charge in [-0.25, -0.2) is 4.90 Å². The lowest BCUT2D eigenvalue weighted by Gasteiger charge is -2.31. The van der Waals surface area contributed by atoms with Crippen LogP contribution in [-0.4, -0.2) is 48.9 Å². The molecule has 226 valence electrons. The average Bonchev–Trinajstić information content (AvgIpc) is 3.47. The fourth-order valence-corrected chi connectivity index (χ4v) is 8.42. The molecule has 1 saturated heterocycles. The molecule has 0 spiro atoms. The maximum atomic E-state index is 14.1. The number of amides is 3. The van der Waals surface area contributed by atoms with Crippen LogP contribution in [-0.2, 0) is 20.9 Å². The summed E-state index contributed by atoms with van der Waals surface area (Å²) in [7, 11) is 4.57. The smallest absolute Gasteiger partial charge is 0.308 e. The minimum absolute atomic E-state index is 0.277. The van der Waals surface area contributed by atoms with Gasteiger partial charge in [0.15, 0.2) is 11.5 Å². The van der Waals surface area contributed by atoms with E-state index < -0.39 is 28.9 Å². The lowest BCUT2D eigenvalue weighted by molar-refractivity contribution is -0.122. The molecule has 0 radical (unpaired) electrons. The van der Waals surface area contributed by atoms with E-state index in [0.717, 1.165) is 23.1 Å². The summed E-state index contributed by atoms with van der Waals surface area (Å²) < 4.78 is 17.6. The predicted molar refractivity (Wildman–Crippen MR) is 169 cm³/mol. The third kappa shape index (κ3) is 5.23. The molecular weight excluding hydrogens is 626 g/mol. The molecule has 1 aromatic heterocycles. The molecule has 1 N–H and O–H groups in total. The Morgan fingerprint density at radius 1 is 0.886 bits per heavy atom. The molecule has 1 fully saturated rings. The van der Waals surface area contributed by atoms with Crippen molar-refractivity contribution in [2.75, 3.05) is 31.5 Å². The molecule has 6 rings (SSSR count). The quantitative estimate of drug-likeness (QED) is 0.264. The van der Waals surface area contributed by atoms with Crippen LogP contribution in [0.1, 0.15) is 16.4 Å². The number of fused-ring (bicyclic) bond motifs is 2. The van der Waals surface area contributed by atoms with Crippen molar-refractivity contribution in [2.45, 2.75) is 22.7 Å². The number of halogens is 1. The number of methoxy groups -OCH3 is 3. The molecule has 2 unspecified atom stereocenters. The summed E-state index contributed by atoms with van der Waals surface area (Å²) in [5.41, 5.74) is 1.63. The zero-order valence-corrected chi connectivity index (χ0v) is 26.1. The summed E-state index contributed by atoms with van der Waals surface area (Å²) in [6, 6.07) is 18.6. The minimum atomic E-state index is -0.838. The van der Waals surface area contributed by atoms with Gasteiger partial charge in [-0.15, -0.1) is 0 Å². The van der Waals surface area contributed by atoms with Crippen LogP contribution < -0.4 is 29.3 Å². The van der Waals surface area contributed by atoms with Gasteiger partial charge in [-0.1, -0.05) is 40.8 Å². The Labute approximate surface area is 265 Å². The van der Waals surface area contributed by atoms with Crippen LogP contribution in [0.15, 0.2) is 76.6 Å². The van der Waals surface area contributed by atoms with Crippen LogP contribution in [0.25, 0.3) is 0 Å². The predicted octanol–water partition coefficient (Wildman–Crippen LogP) is 5.02. The van der Waals surface area contributed by atoms with Crippen molar-refractivity contribution in [3.63, 3.8) is 0 Å². The summed E-state index contributed by atoms with van der Waals surface area (Å²) in [6.07, 6.45) is 0. The van der Waals surface area contributed by atoms with Crippen molar-refractivity contribution in [1.29, 1.82) is 0 Å². The zero-order valence-electron chi connectivity index (χ0n) is 23.7. The maximum Gasteiger partial charge on any atom is 0.308 e. The van der Waals surface area contributed by atoms with Crippen LogP contribution in [0.5, 0.6) is 17.2 Å². The number of hydrogen-bond donors (Lipinski definition) is 1. The van der Waals surface area contributed by atoms with E-state index in [4.69, 9.17) is 25.8 Å². The SMILES string of the molecule is COc1ccc(N2C(=O)C3Sc4c(sc(=O)n4CC(=O)Nc4ccc(Cl)cc4)[C@H](c4ccc(OC)c(OC)c4)C3C2=O)cc1. The monoisotopic (exact) mass is 651 g/mol. The number of imide groups is 1. The number of nitrogens with zero attached hydrogens (tertiary/aromatic N) is 2. The molecule has 3 aromatic carbocycles. The third-order valence-corrected chi connectivity index (χ3v) is 10.4. The molecule has 10 nitrogen and oxygen atoms in total. The number of nitrogens with one attached hydrogen (secondary N) is 1. The van der Waals surface area contributed by atoms with Crippen LogP contribution in [0.2, 0.25) is 5.02 Å². The van der Waals surface area contributed by atoms with Crippen LogP contribution in [0.4, 0.5) is 11.4 Å². The number of anilines is 2. The molecule has 3 heterocycles. The number of benzene rings is 3. The number of thioether (sulfide) groups is 1. The molecule has 0 bridgehead atoms. The van der Waals surface area contributed by atoms with E-state index in [0.29, 0.717) is 49.1 Å². The van der Waals surface area contributed by atoms with Gasteiger partial charge < -0.3 is 19.5 Å². The first kappa shape index (κ1) is 29.8. The molecular formula is C31H26ClN3O7S2. The molecule has 3 atom stereocenters. The highest BCUT2D eigenvalue weighted by Crippen LogP contribution is 2.54. The average molecular weight is 652 g/mol. The van der Waals surface area contributed by atoms with Crippen molar-refractivity contribution in [3.8, 4) is 17.2 Å². The van der Waals surface area contributed by atoms with E-state index in [2.05, 4.69) is 5.32 Å². The summed E-state index contributed by atoms with van der Waals surface area (Å²) in [4.78, 5) is 56.0. The van der Waals surface area contributed by atoms with Crippen molar-refractivity contribution >= 4 is 63.8 Å². The highest BCUT2D eigenvalue weighted by molar-refractivity contribution is 8.00. The summed E-state index contributed by atoms with van der Waals surface area (Å²) in [5.74, 6) is -1.14. The Balaban J connectivity index is 1.43. The van der Waals surface area contributed by atoms with E-state index in [1.807, 2.05) is 0 Å². The second-order valence-electron chi connectivity index (χ2n) is 10.0. The molecule has 0 saturated carbocycles. The number of hydrogen-bond acceptors (Lipinski definition) is 9. The van der Waals surface area contributed by atoms with Gasteiger partial charge in [-0.2, -0.15) is 0 Å². The second kappa shape index (κ2) is 12.0. The first-order valence-electron chi connectivity index (χ1n) is 13.4. The van der Waals surface area contributed by atoms with E-state index in [9.17, 15) is 19.2 Å². The van der Waals surface area contributed by atoms with Gasteiger partial charge in [0.25, 0.3) is 0 Å². The standard InChI is InChI=1S/C31H26ClN3O7S2/c1-40-20-11-9-19(10-12-20)35-28(37)25-24(16-4-13-21(41-2)22(14-16)42-3)27-30(43-26(25)29(35)38)34(31(39)44-27)15-23(36)33-18-7-5-17(32)6-8-18/h4-14,24-26H,15H2,1-3H3,(H,33,36)/t24-,25?,26?/m1/s1. The number of rotatable bonds is 8. The van der Waals surface area contributed by atoms with Crippen molar-refractivity contribution < 1.29 is 28.6 Å². The molecule has 2 aliphatic heterocycles. The summed E-state index contributed by atoms with van der Waals surface area (Å²) >= 11 is 8.07. The largest absolute Gasteiger partial charge is 0.497 e. The molecule has 0 aliphatic carbocycles. The van der Waals surface area contributed by atoms with Crippen LogP contribution >= 0.6 is 34.7 Å². The summed E-state index contributed by atoms with van der Waals surface area (Å²) in [6.45, 7) is -0.277. The number of thiazole rings is 1. The Bertz CT molecular complexity index is 1820. The van der Waals surface area contributed by atoms with Crippen LogP contribution in [0.3, 0.4) is 0 Å². The van der Waals surface area contributed by atoms with Gasteiger partial charge in [-0.05, 0) is 66.2 Å². The second-order valence-corrected chi connectivity index (χ2v) is 12.6. The first-order valence-corrected chi connectivity index (χ1v) is 15.5. The van der Waals surface area contributed by atoms with E-state index in [1.165, 1.54) is 30.8 Å². The fraction of sp³-hybridized carbons (Fsp3) is 0.226. The van der Waals surface area contributed by atoms with Gasteiger partial charge in [-0.3, -0.25) is 23.7 Å². The molecule has 4 aromatic rings. The van der Waals surface area contributed by atoms with Crippen molar-refractivity contribution in [1.82, 2.24) is 4.57 Å². The first-order chi connectivity index (χ1) is 21.2. The summed E-state index contributed by atoms with van der Waals surface area (Å²) in [5, 5.41) is 2.94. The van der Waals surface area contributed by atoms with E-state index in [1.54, 1.807) is 66.7 Å². The maximum absolute atomic E-state index is 14.1. The Morgan fingerprint density at radius 3 is 2.25 bits per heavy atom. The number of carbonyl (C=O) groups excluding carboxylic acids is 3. The highest BCUT2D eigenvalue weighted by Gasteiger charge is 2.57. The fourth-order valence-electron chi connectivity index (χ4n) is 5.52. The zero-order chi connectivity index (χ0) is 31.1. The Kier molecular flexibility index (Phi) is 8.14. The number of aromatic nitrogens is 1. The number of carbonyl (C=O) groups is 3. The van der Waals surface area contributed by atoms with Crippen molar-refractivity contribution in [2.24, 2.45) is 5.92 Å². The Morgan fingerprint density at radius 2 is 1.59 bits per heavy atom.